The van der Waals surface area contributed by atoms with E-state index in [2.05, 4.69) is 4.98 Å². The maximum atomic E-state index is 10.6. The van der Waals surface area contributed by atoms with Gasteiger partial charge in [-0.25, -0.2) is 9.78 Å². The zero-order valence-corrected chi connectivity index (χ0v) is 8.49. The van der Waals surface area contributed by atoms with Gasteiger partial charge in [0.1, 0.15) is 10.3 Å². The highest BCUT2D eigenvalue weighted by Gasteiger charge is 2.13. The summed E-state index contributed by atoms with van der Waals surface area (Å²) in [6.07, 6.45) is 0. The Kier molecular flexibility index (Phi) is 3.36. The van der Waals surface area contributed by atoms with E-state index in [4.69, 9.17) is 39.9 Å². The van der Waals surface area contributed by atoms with Crippen molar-refractivity contribution in [3.63, 3.8) is 0 Å². The quantitative estimate of drug-likeness (QED) is 0.639. The smallest absolute Gasteiger partial charge is 0.338 e. The molecule has 0 saturated heterocycles. The van der Waals surface area contributed by atoms with Crippen molar-refractivity contribution in [1.29, 1.82) is 0 Å². The Balaban J connectivity index is 3.30. The minimum atomic E-state index is -1.15. The first-order valence-corrected chi connectivity index (χ1v) is 4.49. The van der Waals surface area contributed by atoms with Gasteiger partial charge in [0.2, 0.25) is 0 Å². The van der Waals surface area contributed by atoms with E-state index in [0.29, 0.717) is 5.56 Å². The number of hydrogen-bond acceptors (Lipinski definition) is 2. The second-order valence-corrected chi connectivity index (χ2v) is 3.20. The Morgan fingerprint density at radius 3 is 2.54 bits per heavy atom. The summed E-state index contributed by atoms with van der Waals surface area (Å²) in [5.74, 6) is -1.05. The van der Waals surface area contributed by atoms with Crippen molar-refractivity contribution in [2.45, 2.75) is 5.88 Å². The van der Waals surface area contributed by atoms with E-state index in [9.17, 15) is 4.79 Å². The van der Waals surface area contributed by atoms with Crippen LogP contribution in [0.3, 0.4) is 0 Å². The normalized spacial score (nSPS) is 10.1. The van der Waals surface area contributed by atoms with Crippen LogP contribution in [-0.2, 0) is 5.88 Å². The van der Waals surface area contributed by atoms with Crippen LogP contribution in [0.1, 0.15) is 15.9 Å². The Morgan fingerprint density at radius 2 is 2.08 bits per heavy atom. The van der Waals surface area contributed by atoms with Crippen LogP contribution in [0.2, 0.25) is 10.3 Å². The molecule has 1 aromatic rings. The number of aromatic nitrogens is 1. The fraction of sp³-hybridized carbons (Fsp3) is 0.143. The van der Waals surface area contributed by atoms with Crippen molar-refractivity contribution < 1.29 is 9.90 Å². The van der Waals surface area contributed by atoms with E-state index < -0.39 is 5.97 Å². The van der Waals surface area contributed by atoms with Gasteiger partial charge in [0, 0.05) is 5.56 Å². The number of aromatic carboxylic acids is 1. The van der Waals surface area contributed by atoms with E-state index in [1.54, 1.807) is 0 Å². The second kappa shape index (κ2) is 4.13. The number of carboxylic acids is 1. The molecule has 0 unspecified atom stereocenters. The summed E-state index contributed by atoms with van der Waals surface area (Å²) >= 11 is 16.7. The summed E-state index contributed by atoms with van der Waals surface area (Å²) in [5, 5.41) is 8.66. The summed E-state index contributed by atoms with van der Waals surface area (Å²) in [6, 6.07) is 1.31. The average molecular weight is 240 g/mol. The number of hydrogen-bond donors (Lipinski definition) is 1. The van der Waals surface area contributed by atoms with Crippen molar-refractivity contribution in [2.24, 2.45) is 0 Å². The van der Waals surface area contributed by atoms with Crippen molar-refractivity contribution in [1.82, 2.24) is 4.98 Å². The molecule has 0 saturated carbocycles. The lowest BCUT2D eigenvalue weighted by Crippen LogP contribution is -2.01. The second-order valence-electron chi connectivity index (χ2n) is 2.22. The molecule has 0 aliphatic heterocycles. The lowest BCUT2D eigenvalue weighted by atomic mass is 10.2. The van der Waals surface area contributed by atoms with Crippen LogP contribution >= 0.6 is 34.8 Å². The molecule has 0 aromatic carbocycles. The molecular weight excluding hydrogens is 236 g/mol. The highest BCUT2D eigenvalue weighted by Crippen LogP contribution is 2.22. The molecule has 0 spiro atoms. The molecule has 1 heterocycles. The van der Waals surface area contributed by atoms with E-state index in [0.717, 1.165) is 0 Å². The summed E-state index contributed by atoms with van der Waals surface area (Å²) in [7, 11) is 0. The predicted octanol–water partition coefficient (Wildman–Crippen LogP) is 2.83. The third kappa shape index (κ3) is 2.24. The predicted molar refractivity (Wildman–Crippen MR) is 50.8 cm³/mol. The van der Waals surface area contributed by atoms with Gasteiger partial charge in [0.15, 0.2) is 0 Å². The van der Waals surface area contributed by atoms with Gasteiger partial charge in [-0.05, 0) is 6.07 Å². The van der Waals surface area contributed by atoms with Crippen molar-refractivity contribution in [2.75, 3.05) is 0 Å². The molecule has 0 fully saturated rings. The minimum absolute atomic E-state index is 0.0956. The van der Waals surface area contributed by atoms with E-state index in [1.165, 1.54) is 6.07 Å². The van der Waals surface area contributed by atoms with Crippen molar-refractivity contribution in [3.05, 3.63) is 27.5 Å². The topological polar surface area (TPSA) is 50.2 Å². The van der Waals surface area contributed by atoms with Crippen LogP contribution in [0.15, 0.2) is 6.07 Å². The Morgan fingerprint density at radius 1 is 1.46 bits per heavy atom. The molecule has 0 radical (unpaired) electrons. The molecule has 1 rings (SSSR count). The minimum Gasteiger partial charge on any atom is -0.478 e. The summed E-state index contributed by atoms with van der Waals surface area (Å²) in [5.41, 5.74) is 0.354. The molecule has 0 amide bonds. The summed E-state index contributed by atoms with van der Waals surface area (Å²) in [6.45, 7) is 0. The Labute approximate surface area is 89.2 Å². The van der Waals surface area contributed by atoms with Gasteiger partial charge >= 0.3 is 5.97 Å². The van der Waals surface area contributed by atoms with Crippen LogP contribution in [0.5, 0.6) is 0 Å². The first-order chi connectivity index (χ1) is 6.06. The number of nitrogens with zero attached hydrogens (tertiary/aromatic N) is 1. The molecule has 0 bridgehead atoms. The Bertz CT molecular complexity index is 354. The highest BCUT2D eigenvalue weighted by molar-refractivity contribution is 6.35. The van der Waals surface area contributed by atoms with Crippen LogP contribution in [0.4, 0.5) is 0 Å². The molecule has 1 N–H and O–H groups in total. The SMILES string of the molecule is O=C(O)c1cc(CCl)c(Cl)nc1Cl. The molecule has 1 aromatic heterocycles. The summed E-state index contributed by atoms with van der Waals surface area (Å²) in [4.78, 5) is 14.2. The lowest BCUT2D eigenvalue weighted by molar-refractivity contribution is 0.0696. The maximum absolute atomic E-state index is 10.6. The number of alkyl halides is 1. The van der Waals surface area contributed by atoms with Crippen LogP contribution in [-0.4, -0.2) is 16.1 Å². The van der Waals surface area contributed by atoms with E-state index in [1.807, 2.05) is 0 Å². The van der Waals surface area contributed by atoms with Crippen LogP contribution < -0.4 is 0 Å². The van der Waals surface area contributed by atoms with Gasteiger partial charge in [0.05, 0.1) is 11.4 Å². The monoisotopic (exact) mass is 239 g/mol. The maximum Gasteiger partial charge on any atom is 0.338 e. The van der Waals surface area contributed by atoms with Gasteiger partial charge in [-0.1, -0.05) is 23.2 Å². The van der Waals surface area contributed by atoms with Crippen LogP contribution in [0.25, 0.3) is 0 Å². The van der Waals surface area contributed by atoms with Gasteiger partial charge in [0.25, 0.3) is 0 Å². The highest BCUT2D eigenvalue weighted by atomic mass is 35.5. The molecule has 6 heteroatoms. The van der Waals surface area contributed by atoms with Crippen molar-refractivity contribution >= 4 is 40.8 Å². The number of halogens is 3. The zero-order valence-electron chi connectivity index (χ0n) is 6.22. The zero-order chi connectivity index (χ0) is 10.0. The largest absolute Gasteiger partial charge is 0.478 e. The molecule has 70 valence electrons. The van der Waals surface area contributed by atoms with Crippen molar-refractivity contribution in [3.8, 4) is 0 Å². The fourth-order valence-electron chi connectivity index (χ4n) is 0.755. The van der Waals surface area contributed by atoms with Gasteiger partial charge in [-0.3, -0.25) is 0 Å². The number of carboxylic acid groups (broad SMARTS) is 1. The molecule has 0 aliphatic carbocycles. The standard InChI is InChI=1S/C7H4Cl3NO2/c8-2-3-1-4(7(12)13)6(10)11-5(3)9/h1H,2H2,(H,12,13). The first kappa shape index (κ1) is 10.6. The molecule has 0 atom stereocenters. The van der Waals surface area contributed by atoms with E-state index >= 15 is 0 Å². The fourth-order valence-corrected chi connectivity index (χ4v) is 1.50. The van der Waals surface area contributed by atoms with E-state index in [-0.39, 0.29) is 21.7 Å². The van der Waals surface area contributed by atoms with Crippen LogP contribution in [0, 0.1) is 0 Å². The molecule has 13 heavy (non-hydrogen) atoms. The molecular formula is C7H4Cl3NO2. The third-order valence-corrected chi connectivity index (χ3v) is 2.28. The first-order valence-electron chi connectivity index (χ1n) is 3.20. The number of pyridine rings is 1. The summed E-state index contributed by atoms with van der Waals surface area (Å²) < 4.78 is 0. The van der Waals surface area contributed by atoms with Gasteiger partial charge in [-0.15, -0.1) is 11.6 Å². The molecule has 0 aliphatic rings. The van der Waals surface area contributed by atoms with Gasteiger partial charge < -0.3 is 5.11 Å². The average Bonchev–Trinajstić information content (AvgIpc) is 2.03. The van der Waals surface area contributed by atoms with Gasteiger partial charge in [-0.2, -0.15) is 0 Å². The third-order valence-electron chi connectivity index (χ3n) is 1.38. The molecule has 3 nitrogen and oxygen atoms in total. The number of carbonyl (C=O) groups is 1. The Hall–Kier alpha value is -0.510. The number of rotatable bonds is 2. The lowest BCUT2D eigenvalue weighted by Gasteiger charge is -2.02.